The molecule has 2 atom stereocenters. The number of thiophene rings is 2. The highest BCUT2D eigenvalue weighted by Crippen LogP contribution is 2.41. The molecule has 8 rings (SSSR count). The number of ether oxygens (including phenoxy) is 5. The molecule has 376 valence electrons. The molecule has 6 aromatic rings. The van der Waals surface area contributed by atoms with Gasteiger partial charge in [-0.15, -0.1) is 43.1 Å². The van der Waals surface area contributed by atoms with E-state index in [-0.39, 0.29) is 24.7 Å². The number of fused-ring (bicyclic) bond motifs is 6. The Morgan fingerprint density at radius 3 is 1.21 bits per heavy atom. The number of carbonyl (C=O) groups excluding carboxylic acids is 2. The van der Waals surface area contributed by atoms with Gasteiger partial charge in [-0.3, -0.25) is 28.7 Å². The topological polar surface area (TPSA) is 190 Å². The van der Waals surface area contributed by atoms with Gasteiger partial charge in [-0.2, -0.15) is 0 Å². The summed E-state index contributed by atoms with van der Waals surface area (Å²) in [5.41, 5.74) is 7.74. The Morgan fingerprint density at radius 2 is 0.859 bits per heavy atom. The van der Waals surface area contributed by atoms with Crippen molar-refractivity contribution in [1.82, 2.24) is 40.2 Å². The quantitative estimate of drug-likeness (QED) is 0.0565. The van der Waals surface area contributed by atoms with E-state index in [1.165, 1.54) is 9.75 Å². The van der Waals surface area contributed by atoms with Crippen LogP contribution in [-0.4, -0.2) is 132 Å². The highest BCUT2D eigenvalue weighted by molar-refractivity contribution is 7.15. The fraction of sp³-hybridized carbons (Fsp3) is 0.440. The summed E-state index contributed by atoms with van der Waals surface area (Å²) in [6, 6.07) is 14.1. The van der Waals surface area contributed by atoms with Crippen LogP contribution in [-0.2, 0) is 33.3 Å². The van der Waals surface area contributed by atoms with E-state index in [9.17, 15) is 9.59 Å². The summed E-state index contributed by atoms with van der Waals surface area (Å²) in [6.45, 7) is 16.8. The molecule has 21 heteroatoms. The lowest BCUT2D eigenvalue weighted by Crippen LogP contribution is -2.29. The Kier molecular flexibility index (Phi) is 18.0. The molecule has 4 aromatic heterocycles. The van der Waals surface area contributed by atoms with Crippen LogP contribution >= 0.6 is 45.9 Å². The number of nitrogens with zero attached hydrogens (tertiary/aromatic N) is 8. The molecule has 0 bridgehead atoms. The second kappa shape index (κ2) is 24.5. The van der Waals surface area contributed by atoms with Gasteiger partial charge in [-0.25, -0.2) is 0 Å². The first-order chi connectivity index (χ1) is 34.4. The SMILES string of the molecule is Cc1sc2c(c1C)C(c1ccc(Cl)cc1)=NC(CC(=O)NCCOCCOCCOCCOCCOCCNC(=O)CC1N=C(c3ccc(Cl)cc3)c3c(sc(C)c3C)-n3c(C)nnc31)c1nnc(C)n1-2. The number of aromatic nitrogens is 6. The van der Waals surface area contributed by atoms with Gasteiger partial charge in [0.05, 0.1) is 90.3 Å². The minimum atomic E-state index is -0.547. The number of aliphatic imine (C=N–C) groups is 2. The van der Waals surface area contributed by atoms with Crippen molar-refractivity contribution in [2.24, 2.45) is 9.98 Å². The number of halogens is 2. The summed E-state index contributed by atoms with van der Waals surface area (Å²) in [5.74, 6) is 2.41. The fourth-order valence-electron chi connectivity index (χ4n) is 8.27. The van der Waals surface area contributed by atoms with Crippen LogP contribution in [0.15, 0.2) is 58.5 Å². The first-order valence-corrected chi connectivity index (χ1v) is 25.9. The molecule has 0 aliphatic carbocycles. The van der Waals surface area contributed by atoms with Gasteiger partial charge in [0.15, 0.2) is 11.6 Å². The lowest BCUT2D eigenvalue weighted by atomic mass is 9.99. The van der Waals surface area contributed by atoms with Crippen LogP contribution in [0, 0.1) is 41.5 Å². The molecule has 2 unspecified atom stereocenters. The molecule has 17 nitrogen and oxygen atoms in total. The number of rotatable bonds is 24. The molecule has 2 aliphatic heterocycles. The Bertz CT molecular complexity index is 2680. The molecule has 71 heavy (non-hydrogen) atoms. The predicted molar refractivity (Wildman–Crippen MR) is 276 cm³/mol. The van der Waals surface area contributed by atoms with E-state index in [0.29, 0.717) is 101 Å². The molecule has 2 aliphatic rings. The summed E-state index contributed by atoms with van der Waals surface area (Å²) in [5, 5.41) is 26.9. The van der Waals surface area contributed by atoms with Gasteiger partial charge in [0.25, 0.3) is 0 Å². The summed E-state index contributed by atoms with van der Waals surface area (Å²) in [7, 11) is 0. The zero-order valence-corrected chi connectivity index (χ0v) is 43.8. The number of benzene rings is 2. The Balaban J connectivity index is 0.658. The van der Waals surface area contributed by atoms with Crippen molar-refractivity contribution in [1.29, 1.82) is 0 Å². The lowest BCUT2D eigenvalue weighted by Gasteiger charge is -2.13. The van der Waals surface area contributed by atoms with Gasteiger partial charge in [0.2, 0.25) is 11.8 Å². The van der Waals surface area contributed by atoms with E-state index in [1.807, 2.05) is 71.5 Å². The third-order valence-electron chi connectivity index (χ3n) is 12.1. The molecule has 0 saturated heterocycles. The minimum absolute atomic E-state index is 0.0995. The van der Waals surface area contributed by atoms with Gasteiger partial charge in [-0.1, -0.05) is 47.5 Å². The number of carbonyl (C=O) groups is 2. The van der Waals surface area contributed by atoms with E-state index >= 15 is 0 Å². The monoisotopic (exact) mass is 1040 g/mol. The minimum Gasteiger partial charge on any atom is -0.377 e. The molecule has 0 saturated carbocycles. The summed E-state index contributed by atoms with van der Waals surface area (Å²) in [4.78, 5) is 39.1. The molecule has 0 spiro atoms. The number of hydrogen-bond donors (Lipinski definition) is 2. The normalized spacial score (nSPS) is 15.0. The average molecular weight is 1050 g/mol. The van der Waals surface area contributed by atoms with Crippen LogP contribution in [0.3, 0.4) is 0 Å². The van der Waals surface area contributed by atoms with Crippen LogP contribution in [0.25, 0.3) is 10.0 Å². The van der Waals surface area contributed by atoms with Crippen molar-refractivity contribution in [2.45, 2.75) is 66.5 Å². The molecule has 6 heterocycles. The number of amides is 2. The maximum Gasteiger partial charge on any atom is 0.222 e. The predicted octanol–water partition coefficient (Wildman–Crippen LogP) is 7.71. The van der Waals surface area contributed by atoms with Crippen molar-refractivity contribution in [3.05, 3.63) is 125 Å². The van der Waals surface area contributed by atoms with Crippen molar-refractivity contribution >= 4 is 69.1 Å². The van der Waals surface area contributed by atoms with E-state index in [0.717, 1.165) is 66.5 Å². The molecule has 0 fully saturated rings. The molecular formula is C50H58Cl2N10O7S2. The highest BCUT2D eigenvalue weighted by Gasteiger charge is 2.34. The lowest BCUT2D eigenvalue weighted by molar-refractivity contribution is -0.122. The van der Waals surface area contributed by atoms with Gasteiger partial charge in [0.1, 0.15) is 33.7 Å². The van der Waals surface area contributed by atoms with Crippen LogP contribution in [0.1, 0.15) is 91.4 Å². The van der Waals surface area contributed by atoms with E-state index in [2.05, 4.69) is 58.7 Å². The second-order valence-electron chi connectivity index (χ2n) is 17.0. The fourth-order valence-corrected chi connectivity index (χ4v) is 10.9. The van der Waals surface area contributed by atoms with Crippen LogP contribution in [0.5, 0.6) is 0 Å². The van der Waals surface area contributed by atoms with E-state index in [4.69, 9.17) is 56.9 Å². The van der Waals surface area contributed by atoms with Crippen LogP contribution < -0.4 is 10.6 Å². The largest absolute Gasteiger partial charge is 0.377 e. The third kappa shape index (κ3) is 12.5. The molecule has 2 N–H and O–H groups in total. The number of aryl methyl sites for hydroxylation is 4. The first-order valence-electron chi connectivity index (χ1n) is 23.5. The van der Waals surface area contributed by atoms with Crippen LogP contribution in [0.2, 0.25) is 10.0 Å². The number of nitrogens with one attached hydrogen (secondary N) is 2. The highest BCUT2D eigenvalue weighted by atomic mass is 35.5. The van der Waals surface area contributed by atoms with Gasteiger partial charge in [-0.05, 0) is 76.9 Å². The van der Waals surface area contributed by atoms with Crippen molar-refractivity contribution in [2.75, 3.05) is 79.2 Å². The molecule has 2 aromatic carbocycles. The smallest absolute Gasteiger partial charge is 0.222 e. The third-order valence-corrected chi connectivity index (χ3v) is 15.0. The average Bonchev–Trinajstić information content (AvgIpc) is 4.04. The summed E-state index contributed by atoms with van der Waals surface area (Å²) in [6.07, 6.45) is 0.199. The van der Waals surface area contributed by atoms with Gasteiger partial charge < -0.3 is 34.3 Å². The maximum absolute atomic E-state index is 13.2. The Labute approximate surface area is 431 Å². The van der Waals surface area contributed by atoms with Crippen molar-refractivity contribution < 1.29 is 33.3 Å². The zero-order chi connectivity index (χ0) is 50.0. The van der Waals surface area contributed by atoms with E-state index in [1.54, 1.807) is 22.7 Å². The summed E-state index contributed by atoms with van der Waals surface area (Å²) < 4.78 is 32.3. The molecule has 2 amide bonds. The maximum atomic E-state index is 13.2. The molecular weight excluding hydrogens is 988 g/mol. The van der Waals surface area contributed by atoms with Gasteiger partial charge in [0, 0.05) is 55.1 Å². The Hall–Kier alpha value is -5.22. The molecule has 0 radical (unpaired) electrons. The van der Waals surface area contributed by atoms with Crippen molar-refractivity contribution in [3.63, 3.8) is 0 Å². The first kappa shape index (κ1) is 52.1. The van der Waals surface area contributed by atoms with Crippen molar-refractivity contribution in [3.8, 4) is 10.0 Å². The van der Waals surface area contributed by atoms with Gasteiger partial charge >= 0.3 is 0 Å². The zero-order valence-electron chi connectivity index (χ0n) is 40.7. The standard InChI is InChI=1S/C50H58Cl2N10O7S2/c1-29-31(3)70-49-43(29)45(35-7-11-37(51)12-8-35)55-39(47-59-57-33(5)61(47)49)27-41(63)53-15-17-65-19-21-67-23-25-69-26-24-68-22-20-66-18-16-54-42(64)28-40-48-60-58-34(6)62(48)50-44(30(2)32(4)71-50)46(56-40)36-9-13-38(52)14-10-36/h7-14,39-40H,15-28H2,1-6H3,(H,53,63)(H,54,64). The van der Waals surface area contributed by atoms with Crippen LogP contribution in [0.4, 0.5) is 0 Å². The van der Waals surface area contributed by atoms with E-state index < -0.39 is 12.1 Å². The second-order valence-corrected chi connectivity index (χ2v) is 20.3. The Morgan fingerprint density at radius 1 is 0.521 bits per heavy atom. The number of hydrogen-bond acceptors (Lipinski definition) is 15. The summed E-state index contributed by atoms with van der Waals surface area (Å²) >= 11 is 15.8.